The molecule has 0 N–H and O–H groups in total. The molecule has 0 aromatic carbocycles. The predicted octanol–water partition coefficient (Wildman–Crippen LogP) is 3.10. The molecule has 0 amide bonds. The van der Waals surface area contributed by atoms with Crippen molar-refractivity contribution in [2.24, 2.45) is 11.3 Å². The highest BCUT2D eigenvalue weighted by Gasteiger charge is 2.20. The molecule has 1 rings (SSSR count). The minimum absolute atomic E-state index is 0.373. The molecule has 0 unspecified atom stereocenters. The van der Waals surface area contributed by atoms with Crippen LogP contribution in [0.2, 0.25) is 0 Å². The van der Waals surface area contributed by atoms with Crippen LogP contribution in [0, 0.1) is 11.3 Å². The normalized spacial score (nSPS) is 19.2. The zero-order valence-corrected chi connectivity index (χ0v) is 14.6. The molecular formula is C17H36N2O. The van der Waals surface area contributed by atoms with Crippen LogP contribution in [-0.4, -0.2) is 62.3 Å². The van der Waals surface area contributed by atoms with Crippen LogP contribution in [0.25, 0.3) is 0 Å². The van der Waals surface area contributed by atoms with E-state index in [4.69, 9.17) is 4.74 Å². The van der Waals surface area contributed by atoms with Gasteiger partial charge in [-0.1, -0.05) is 20.8 Å². The Hall–Kier alpha value is -0.120. The topological polar surface area (TPSA) is 15.7 Å². The molecule has 3 heteroatoms. The number of likely N-dealkylation sites (N-methyl/N-ethyl adjacent to an activating group) is 1. The highest BCUT2D eigenvalue weighted by atomic mass is 16.5. The molecule has 0 bridgehead atoms. The standard InChI is InChI=1S/C17H36N2O/c1-15(2)19-9-7-16(8-10-19)13-20-12-11-18(6)14-17(3,4)5/h15-16H,7-14H2,1-6H3. The summed E-state index contributed by atoms with van der Waals surface area (Å²) in [5.41, 5.74) is 0.373. The molecule has 1 saturated heterocycles. The average molecular weight is 284 g/mol. The summed E-state index contributed by atoms with van der Waals surface area (Å²) in [6, 6.07) is 0.697. The van der Waals surface area contributed by atoms with Gasteiger partial charge in [-0.05, 0) is 58.2 Å². The van der Waals surface area contributed by atoms with E-state index < -0.39 is 0 Å². The number of nitrogens with zero attached hydrogens (tertiary/aromatic N) is 2. The summed E-state index contributed by atoms with van der Waals surface area (Å²) < 4.78 is 5.89. The molecule has 20 heavy (non-hydrogen) atoms. The molecule has 0 aromatic rings. The number of piperidine rings is 1. The number of hydrogen-bond donors (Lipinski definition) is 0. The minimum Gasteiger partial charge on any atom is -0.380 e. The summed E-state index contributed by atoms with van der Waals surface area (Å²) in [6.45, 7) is 17.9. The summed E-state index contributed by atoms with van der Waals surface area (Å²) in [5, 5.41) is 0. The molecule has 1 aliphatic heterocycles. The molecule has 3 nitrogen and oxygen atoms in total. The molecule has 0 aliphatic carbocycles. The zero-order chi connectivity index (χ0) is 15.2. The van der Waals surface area contributed by atoms with Crippen LogP contribution in [0.15, 0.2) is 0 Å². The van der Waals surface area contributed by atoms with Gasteiger partial charge < -0.3 is 14.5 Å². The fraction of sp³-hybridized carbons (Fsp3) is 1.00. The lowest BCUT2D eigenvalue weighted by atomic mass is 9.96. The first kappa shape index (κ1) is 17.9. The number of likely N-dealkylation sites (tertiary alicyclic amines) is 1. The van der Waals surface area contributed by atoms with E-state index in [9.17, 15) is 0 Å². The van der Waals surface area contributed by atoms with Gasteiger partial charge in [-0.25, -0.2) is 0 Å². The maximum absolute atomic E-state index is 5.89. The Morgan fingerprint density at radius 1 is 1.20 bits per heavy atom. The Balaban J connectivity index is 2.05. The van der Waals surface area contributed by atoms with Crippen molar-refractivity contribution >= 4 is 0 Å². The second kappa shape index (κ2) is 8.35. The van der Waals surface area contributed by atoms with E-state index in [0.29, 0.717) is 11.5 Å². The van der Waals surface area contributed by atoms with Crippen molar-refractivity contribution in [3.8, 4) is 0 Å². The molecule has 120 valence electrons. The quantitative estimate of drug-likeness (QED) is 0.668. The van der Waals surface area contributed by atoms with Crippen molar-refractivity contribution < 1.29 is 4.74 Å². The predicted molar refractivity (Wildman–Crippen MR) is 87.2 cm³/mol. The molecule has 0 spiro atoms. The summed E-state index contributed by atoms with van der Waals surface area (Å²) in [6.07, 6.45) is 2.60. The molecule has 1 aliphatic rings. The first-order chi connectivity index (χ1) is 9.28. The van der Waals surface area contributed by atoms with Crippen molar-refractivity contribution in [2.75, 3.05) is 46.4 Å². The second-order valence-electron chi connectivity index (χ2n) is 7.95. The maximum atomic E-state index is 5.89. The van der Waals surface area contributed by atoms with Crippen LogP contribution in [0.4, 0.5) is 0 Å². The molecule has 1 heterocycles. The lowest BCUT2D eigenvalue weighted by molar-refractivity contribution is 0.0477. The zero-order valence-electron chi connectivity index (χ0n) is 14.6. The largest absolute Gasteiger partial charge is 0.380 e. The monoisotopic (exact) mass is 284 g/mol. The van der Waals surface area contributed by atoms with Gasteiger partial charge in [-0.15, -0.1) is 0 Å². The van der Waals surface area contributed by atoms with Gasteiger partial charge in [0, 0.05) is 25.7 Å². The van der Waals surface area contributed by atoms with Crippen molar-refractivity contribution in [1.82, 2.24) is 9.80 Å². The SMILES string of the molecule is CC(C)N1CCC(COCCN(C)CC(C)(C)C)CC1. The number of hydrogen-bond acceptors (Lipinski definition) is 3. The smallest absolute Gasteiger partial charge is 0.0593 e. The Morgan fingerprint density at radius 2 is 1.80 bits per heavy atom. The number of ether oxygens (including phenoxy) is 1. The van der Waals surface area contributed by atoms with Crippen LogP contribution >= 0.6 is 0 Å². The van der Waals surface area contributed by atoms with Crippen molar-refractivity contribution in [2.45, 2.75) is 53.5 Å². The van der Waals surface area contributed by atoms with E-state index in [2.05, 4.69) is 51.5 Å². The molecular weight excluding hydrogens is 248 g/mol. The van der Waals surface area contributed by atoms with Gasteiger partial charge in [0.15, 0.2) is 0 Å². The molecule has 0 saturated carbocycles. The van der Waals surface area contributed by atoms with Crippen LogP contribution < -0.4 is 0 Å². The van der Waals surface area contributed by atoms with Crippen LogP contribution in [-0.2, 0) is 4.74 Å². The van der Waals surface area contributed by atoms with E-state index in [1.54, 1.807) is 0 Å². The second-order valence-corrected chi connectivity index (χ2v) is 7.95. The molecule has 0 atom stereocenters. The van der Waals surface area contributed by atoms with Gasteiger partial charge in [-0.2, -0.15) is 0 Å². The Labute approximate surface area is 126 Å². The van der Waals surface area contributed by atoms with Crippen LogP contribution in [0.1, 0.15) is 47.5 Å². The summed E-state index contributed by atoms with van der Waals surface area (Å²) in [4.78, 5) is 4.95. The maximum Gasteiger partial charge on any atom is 0.0593 e. The Morgan fingerprint density at radius 3 is 2.30 bits per heavy atom. The fourth-order valence-electron chi connectivity index (χ4n) is 3.00. The van der Waals surface area contributed by atoms with Crippen molar-refractivity contribution in [3.63, 3.8) is 0 Å². The Kier molecular flexibility index (Phi) is 7.49. The van der Waals surface area contributed by atoms with Gasteiger partial charge in [0.25, 0.3) is 0 Å². The van der Waals surface area contributed by atoms with Crippen LogP contribution in [0.3, 0.4) is 0 Å². The van der Waals surface area contributed by atoms with Gasteiger partial charge in [0.05, 0.1) is 6.61 Å². The summed E-state index contributed by atoms with van der Waals surface area (Å²) in [7, 11) is 2.19. The van der Waals surface area contributed by atoms with Crippen molar-refractivity contribution in [3.05, 3.63) is 0 Å². The molecule has 0 aromatic heterocycles. The van der Waals surface area contributed by atoms with E-state index in [1.165, 1.54) is 25.9 Å². The van der Waals surface area contributed by atoms with Crippen LogP contribution in [0.5, 0.6) is 0 Å². The highest BCUT2D eigenvalue weighted by molar-refractivity contribution is 4.74. The third kappa shape index (κ3) is 7.61. The third-order valence-corrected chi connectivity index (χ3v) is 4.09. The van der Waals surface area contributed by atoms with E-state index >= 15 is 0 Å². The lowest BCUT2D eigenvalue weighted by Gasteiger charge is -2.34. The van der Waals surface area contributed by atoms with Gasteiger partial charge in [0.1, 0.15) is 0 Å². The first-order valence-electron chi connectivity index (χ1n) is 8.28. The van der Waals surface area contributed by atoms with Gasteiger partial charge in [-0.3, -0.25) is 0 Å². The van der Waals surface area contributed by atoms with Gasteiger partial charge in [0.2, 0.25) is 0 Å². The number of rotatable bonds is 7. The molecule has 0 radical (unpaired) electrons. The van der Waals surface area contributed by atoms with Gasteiger partial charge >= 0.3 is 0 Å². The van der Waals surface area contributed by atoms with E-state index in [-0.39, 0.29) is 0 Å². The Bertz CT molecular complexity index is 252. The van der Waals surface area contributed by atoms with E-state index in [0.717, 1.165) is 32.2 Å². The third-order valence-electron chi connectivity index (χ3n) is 4.09. The average Bonchev–Trinajstić information content (AvgIpc) is 2.33. The first-order valence-corrected chi connectivity index (χ1v) is 8.28. The summed E-state index contributed by atoms with van der Waals surface area (Å²) in [5.74, 6) is 0.776. The molecule has 1 fully saturated rings. The minimum atomic E-state index is 0.373. The fourth-order valence-corrected chi connectivity index (χ4v) is 3.00. The van der Waals surface area contributed by atoms with Crippen molar-refractivity contribution in [1.29, 1.82) is 0 Å². The highest BCUT2D eigenvalue weighted by Crippen LogP contribution is 2.19. The van der Waals surface area contributed by atoms with E-state index in [1.807, 2.05) is 0 Å². The summed E-state index contributed by atoms with van der Waals surface area (Å²) >= 11 is 0. The lowest BCUT2D eigenvalue weighted by Crippen LogP contribution is -2.39.